The molecule has 5 heterocycles. The molecule has 6 rings (SSSR count). The molecule has 32 heavy (non-hydrogen) atoms. The Bertz CT molecular complexity index is 1660. The van der Waals surface area contributed by atoms with Crippen LogP contribution in [0, 0.1) is 6.92 Å². The maximum absolute atomic E-state index is 13.3. The Hall–Kier alpha value is -4.10. The van der Waals surface area contributed by atoms with E-state index in [2.05, 4.69) is 45.1 Å². The van der Waals surface area contributed by atoms with Gasteiger partial charge in [0.15, 0.2) is 0 Å². The van der Waals surface area contributed by atoms with Gasteiger partial charge >= 0.3 is 0 Å². The van der Waals surface area contributed by atoms with Gasteiger partial charge in [-0.2, -0.15) is 0 Å². The first-order valence-electron chi connectivity index (χ1n) is 10.2. The highest BCUT2D eigenvalue weighted by Gasteiger charge is 2.17. The summed E-state index contributed by atoms with van der Waals surface area (Å²) in [5.74, 6) is 0.532. The Morgan fingerprint density at radius 3 is 2.69 bits per heavy atom. The van der Waals surface area contributed by atoms with Crippen LogP contribution in [0.1, 0.15) is 4.88 Å². The molecule has 6 nitrogen and oxygen atoms in total. The van der Waals surface area contributed by atoms with Gasteiger partial charge in [-0.1, -0.05) is 12.1 Å². The Morgan fingerprint density at radius 2 is 1.88 bits per heavy atom. The molecule has 0 spiro atoms. The van der Waals surface area contributed by atoms with Gasteiger partial charge in [0.25, 0.3) is 0 Å². The number of nitrogens with zero attached hydrogens (tertiary/aromatic N) is 3. The number of rotatable bonds is 3. The molecule has 6 aromatic rings. The van der Waals surface area contributed by atoms with Crippen LogP contribution in [0.15, 0.2) is 78.1 Å². The number of fused-ring (bicyclic) bond motifs is 2. The van der Waals surface area contributed by atoms with E-state index in [9.17, 15) is 4.79 Å². The summed E-state index contributed by atoms with van der Waals surface area (Å²) >= 11 is 1.69. The van der Waals surface area contributed by atoms with Gasteiger partial charge in [-0.3, -0.25) is 9.78 Å². The van der Waals surface area contributed by atoms with Gasteiger partial charge in [0.05, 0.1) is 27.0 Å². The molecular formula is C25H17N5OS. The number of thiophene rings is 1. The number of benzene rings is 1. The van der Waals surface area contributed by atoms with E-state index in [0.29, 0.717) is 22.4 Å². The first-order chi connectivity index (χ1) is 15.7. The second-order valence-corrected chi connectivity index (χ2v) is 8.86. The van der Waals surface area contributed by atoms with Gasteiger partial charge in [-0.25, -0.2) is 9.97 Å². The van der Waals surface area contributed by atoms with Gasteiger partial charge in [-0.05, 0) is 48.9 Å². The van der Waals surface area contributed by atoms with Crippen LogP contribution < -0.4 is 5.43 Å². The van der Waals surface area contributed by atoms with E-state index in [-0.39, 0.29) is 5.43 Å². The quantitative estimate of drug-likeness (QED) is 0.381. The molecule has 2 N–H and O–H groups in total. The van der Waals surface area contributed by atoms with Crippen LogP contribution in [0.25, 0.3) is 55.0 Å². The second kappa shape index (κ2) is 7.25. The minimum Gasteiger partial charge on any atom is -0.345 e. The van der Waals surface area contributed by atoms with Gasteiger partial charge < -0.3 is 9.97 Å². The van der Waals surface area contributed by atoms with Crippen LogP contribution in [0.5, 0.6) is 0 Å². The standard InChI is InChI=1S/C25H17N5OS/c1-14-4-7-21(32-14)22-17(15-5-6-20-16(11-15)3-2-8-26-20)12-18-23(31)19(13-29-25(18)30-22)24-27-9-10-28-24/h2-13H,1H3,(H,27,28)(H,29,30,31). The third-order valence-electron chi connectivity index (χ3n) is 5.51. The lowest BCUT2D eigenvalue weighted by Gasteiger charge is -2.11. The number of aromatic amines is 2. The largest absolute Gasteiger partial charge is 0.345 e. The molecule has 0 fully saturated rings. The fourth-order valence-corrected chi connectivity index (χ4v) is 4.82. The van der Waals surface area contributed by atoms with Crippen molar-refractivity contribution in [1.29, 1.82) is 0 Å². The Morgan fingerprint density at radius 1 is 0.938 bits per heavy atom. The Labute approximate surface area is 186 Å². The summed E-state index contributed by atoms with van der Waals surface area (Å²) in [6.07, 6.45) is 6.79. The van der Waals surface area contributed by atoms with Crippen molar-refractivity contribution in [3.8, 4) is 33.1 Å². The molecule has 0 aliphatic carbocycles. The summed E-state index contributed by atoms with van der Waals surface area (Å²) in [6, 6.07) is 16.2. The van der Waals surface area contributed by atoms with E-state index in [1.54, 1.807) is 36.1 Å². The van der Waals surface area contributed by atoms with Crippen molar-refractivity contribution >= 4 is 33.3 Å². The van der Waals surface area contributed by atoms with E-state index in [1.807, 2.05) is 30.3 Å². The lowest BCUT2D eigenvalue weighted by atomic mass is 9.99. The first-order valence-corrected chi connectivity index (χ1v) is 11.0. The maximum Gasteiger partial charge on any atom is 0.201 e. The molecule has 7 heteroatoms. The normalized spacial score (nSPS) is 11.4. The molecule has 0 amide bonds. The molecular weight excluding hydrogens is 418 g/mol. The van der Waals surface area contributed by atoms with Gasteiger partial charge in [0.1, 0.15) is 11.5 Å². The zero-order chi connectivity index (χ0) is 21.7. The minimum absolute atomic E-state index is 0.112. The zero-order valence-corrected chi connectivity index (χ0v) is 17.9. The number of aromatic nitrogens is 5. The summed E-state index contributed by atoms with van der Waals surface area (Å²) in [4.78, 5) is 35.4. The third-order valence-corrected chi connectivity index (χ3v) is 6.51. The number of hydrogen-bond acceptors (Lipinski definition) is 5. The van der Waals surface area contributed by atoms with Crippen LogP contribution in [0.4, 0.5) is 0 Å². The molecule has 0 atom stereocenters. The molecule has 154 valence electrons. The van der Waals surface area contributed by atoms with E-state index in [4.69, 9.17) is 4.98 Å². The van der Waals surface area contributed by atoms with Crippen molar-refractivity contribution in [2.24, 2.45) is 0 Å². The van der Waals surface area contributed by atoms with Crippen molar-refractivity contribution in [3.63, 3.8) is 0 Å². The smallest absolute Gasteiger partial charge is 0.201 e. The molecule has 0 saturated carbocycles. The van der Waals surface area contributed by atoms with E-state index >= 15 is 0 Å². The molecule has 0 aliphatic rings. The van der Waals surface area contributed by atoms with E-state index < -0.39 is 0 Å². The number of hydrogen-bond donors (Lipinski definition) is 2. The summed E-state index contributed by atoms with van der Waals surface area (Å²) < 4.78 is 0. The SMILES string of the molecule is Cc1ccc(-c2nc3[nH]cc(-c4ncc[nH]4)c(=O)c3cc2-c2ccc3ncccc3c2)s1. The third kappa shape index (κ3) is 3.02. The van der Waals surface area contributed by atoms with Crippen molar-refractivity contribution < 1.29 is 0 Å². The van der Waals surface area contributed by atoms with Crippen LogP contribution in [-0.2, 0) is 0 Å². The Balaban J connectivity index is 1.66. The Kier molecular flexibility index (Phi) is 4.22. The van der Waals surface area contributed by atoms with Gasteiger partial charge in [-0.15, -0.1) is 11.3 Å². The average molecular weight is 436 g/mol. The topological polar surface area (TPSA) is 87.3 Å². The van der Waals surface area contributed by atoms with E-state index in [1.165, 1.54) is 4.88 Å². The highest BCUT2D eigenvalue weighted by atomic mass is 32.1. The van der Waals surface area contributed by atoms with Gasteiger partial charge in [0, 0.05) is 40.6 Å². The summed E-state index contributed by atoms with van der Waals surface area (Å²) in [5, 5.41) is 1.56. The molecule has 0 bridgehead atoms. The number of H-pyrrole nitrogens is 2. The molecule has 0 unspecified atom stereocenters. The molecule has 1 aromatic carbocycles. The van der Waals surface area contributed by atoms with Crippen LogP contribution in [-0.4, -0.2) is 24.9 Å². The second-order valence-electron chi connectivity index (χ2n) is 7.57. The summed E-state index contributed by atoms with van der Waals surface area (Å²) in [7, 11) is 0. The number of pyridine rings is 3. The minimum atomic E-state index is -0.112. The van der Waals surface area contributed by atoms with Crippen molar-refractivity contribution in [3.05, 3.63) is 88.4 Å². The predicted octanol–water partition coefficient (Wildman–Crippen LogP) is 5.57. The number of aryl methyl sites for hydroxylation is 1. The van der Waals surface area contributed by atoms with Crippen molar-refractivity contribution in [1.82, 2.24) is 24.9 Å². The van der Waals surface area contributed by atoms with Crippen LogP contribution >= 0.6 is 11.3 Å². The van der Waals surface area contributed by atoms with Gasteiger partial charge in [0.2, 0.25) is 5.43 Å². The fraction of sp³-hybridized carbons (Fsp3) is 0.0400. The number of nitrogens with one attached hydrogen (secondary N) is 2. The van der Waals surface area contributed by atoms with Crippen LogP contribution in [0.3, 0.4) is 0 Å². The van der Waals surface area contributed by atoms with E-state index in [0.717, 1.165) is 32.6 Å². The summed E-state index contributed by atoms with van der Waals surface area (Å²) in [6.45, 7) is 2.08. The highest BCUT2D eigenvalue weighted by Crippen LogP contribution is 2.37. The molecule has 5 aromatic heterocycles. The molecule has 0 aliphatic heterocycles. The molecule has 0 saturated heterocycles. The monoisotopic (exact) mass is 435 g/mol. The van der Waals surface area contributed by atoms with Crippen LogP contribution in [0.2, 0.25) is 0 Å². The average Bonchev–Trinajstić information content (AvgIpc) is 3.50. The fourth-order valence-electron chi connectivity index (χ4n) is 3.95. The molecule has 0 radical (unpaired) electrons. The van der Waals surface area contributed by atoms with Crippen molar-refractivity contribution in [2.45, 2.75) is 6.92 Å². The number of imidazole rings is 1. The maximum atomic E-state index is 13.3. The lowest BCUT2D eigenvalue weighted by molar-refractivity contribution is 1.24. The zero-order valence-electron chi connectivity index (χ0n) is 17.1. The predicted molar refractivity (Wildman–Crippen MR) is 129 cm³/mol. The summed E-state index contributed by atoms with van der Waals surface area (Å²) in [5.41, 5.74) is 4.60. The highest BCUT2D eigenvalue weighted by molar-refractivity contribution is 7.15. The van der Waals surface area contributed by atoms with Crippen molar-refractivity contribution in [2.75, 3.05) is 0 Å². The lowest BCUT2D eigenvalue weighted by Crippen LogP contribution is -2.09. The first kappa shape index (κ1) is 18.7.